The molecule has 202 valence electrons. The Bertz CT molecular complexity index is 1090. The molecule has 0 bridgehead atoms. The van der Waals surface area contributed by atoms with Crippen LogP contribution in [0, 0.1) is 34.5 Å². The van der Waals surface area contributed by atoms with Crippen LogP contribution in [0.1, 0.15) is 73.1 Å². The van der Waals surface area contributed by atoms with Gasteiger partial charge in [0.05, 0.1) is 0 Å². The molecule has 0 spiro atoms. The van der Waals surface area contributed by atoms with E-state index in [1.165, 1.54) is 0 Å². The van der Waals surface area contributed by atoms with Crippen LogP contribution >= 0.6 is 0 Å². The van der Waals surface area contributed by atoms with Crippen LogP contribution in [0.15, 0.2) is 36.4 Å². The van der Waals surface area contributed by atoms with Crippen LogP contribution in [-0.2, 0) is 9.59 Å². The van der Waals surface area contributed by atoms with E-state index in [0.717, 1.165) is 50.0 Å². The molecule has 4 aliphatic rings. The second kappa shape index (κ2) is 9.00. The topological polar surface area (TPSA) is 67.4 Å². The number of carbonyl (C=O) groups excluding carboxylic acids is 2. The van der Waals surface area contributed by atoms with E-state index in [-0.39, 0.29) is 39.6 Å². The normalized spacial score (nSPS) is 37.2. The molecule has 3 fully saturated rings. The third kappa shape index (κ3) is 4.47. The Morgan fingerprint density at radius 2 is 1.73 bits per heavy atom. The molecular weight excluding hydrogens is 476 g/mol. The highest BCUT2D eigenvalue weighted by atomic mass is 28.4. The van der Waals surface area contributed by atoms with Gasteiger partial charge in [0.2, 0.25) is 20.1 Å². The standard InChI is InChI=1S/C31H46N2O3Si/c1-29(2,3)37(6,7)36-21-10-8-20(9-11-21)32-28(35)25-14-13-23-22-12-15-26-31(5,19-17-27(34)33-26)24(22)16-18-30(23,25)4/h8-11,17,19,22-26H,12-16,18H2,1-7H3,(H,32,35)(H,33,34)/t22-,23-,24-,25+,26+,30-,31+/m0/s1. The summed E-state index contributed by atoms with van der Waals surface area (Å²) in [5.41, 5.74) is 0.929. The lowest BCUT2D eigenvalue weighted by atomic mass is 9.48. The molecule has 1 aromatic rings. The maximum absolute atomic E-state index is 13.6. The number of hydrogen-bond donors (Lipinski definition) is 2. The monoisotopic (exact) mass is 522 g/mol. The summed E-state index contributed by atoms with van der Waals surface area (Å²) >= 11 is 0. The van der Waals surface area contributed by atoms with E-state index < -0.39 is 8.32 Å². The van der Waals surface area contributed by atoms with Gasteiger partial charge in [-0.1, -0.05) is 40.7 Å². The van der Waals surface area contributed by atoms with E-state index in [4.69, 9.17) is 4.43 Å². The molecule has 3 saturated carbocycles. The summed E-state index contributed by atoms with van der Waals surface area (Å²) in [6.45, 7) is 16.0. The first kappa shape index (κ1) is 26.5. The summed E-state index contributed by atoms with van der Waals surface area (Å²) in [6, 6.07) is 8.21. The van der Waals surface area contributed by atoms with Crippen molar-refractivity contribution in [3.8, 4) is 5.75 Å². The average molecular weight is 523 g/mol. The number of benzene rings is 1. The second-order valence-electron chi connectivity index (χ2n) is 14.3. The number of carbonyl (C=O) groups is 2. The van der Waals surface area contributed by atoms with Crippen LogP contribution in [0.2, 0.25) is 18.1 Å². The van der Waals surface area contributed by atoms with E-state index in [1.54, 1.807) is 6.08 Å². The molecule has 2 amide bonds. The van der Waals surface area contributed by atoms with Crippen molar-refractivity contribution in [2.24, 2.45) is 34.5 Å². The van der Waals surface area contributed by atoms with E-state index in [1.807, 2.05) is 24.3 Å². The molecule has 1 aliphatic heterocycles. The zero-order valence-corrected chi connectivity index (χ0v) is 24.8. The number of anilines is 1. The largest absolute Gasteiger partial charge is 0.544 e. The highest BCUT2D eigenvalue weighted by Gasteiger charge is 2.60. The van der Waals surface area contributed by atoms with E-state index in [0.29, 0.717) is 17.8 Å². The number of fused-ring (bicyclic) bond motifs is 5. The predicted molar refractivity (Wildman–Crippen MR) is 152 cm³/mol. The summed E-state index contributed by atoms with van der Waals surface area (Å²) in [5.74, 6) is 2.94. The minimum Gasteiger partial charge on any atom is -0.544 e. The van der Waals surface area contributed by atoms with Crippen LogP contribution in [0.3, 0.4) is 0 Å². The van der Waals surface area contributed by atoms with Crippen molar-refractivity contribution in [1.29, 1.82) is 0 Å². The Hall–Kier alpha value is -2.08. The van der Waals surface area contributed by atoms with E-state index >= 15 is 0 Å². The Morgan fingerprint density at radius 3 is 2.41 bits per heavy atom. The third-order valence-electron chi connectivity index (χ3n) is 11.3. The summed E-state index contributed by atoms with van der Waals surface area (Å²) < 4.78 is 6.41. The van der Waals surface area contributed by atoms with Gasteiger partial charge in [-0.2, -0.15) is 0 Å². The SMILES string of the molecule is CC(C)(C)[Si](C)(C)Oc1ccc(NC(=O)[C@H]2CC[C@H]3[C@@H]4CC[C@H]5NC(=O)C=C[C@]5(C)[C@H]4CC[C@]23C)cc1. The number of amides is 2. The quantitative estimate of drug-likeness (QED) is 0.422. The first-order valence-electron chi connectivity index (χ1n) is 14.3. The van der Waals surface area contributed by atoms with Gasteiger partial charge < -0.3 is 15.1 Å². The lowest BCUT2D eigenvalue weighted by Crippen LogP contribution is -2.59. The molecule has 3 aliphatic carbocycles. The Balaban J connectivity index is 1.27. The molecule has 0 unspecified atom stereocenters. The van der Waals surface area contributed by atoms with Crippen molar-refractivity contribution in [2.75, 3.05) is 5.32 Å². The second-order valence-corrected chi connectivity index (χ2v) is 19.0. The van der Waals surface area contributed by atoms with Gasteiger partial charge in [0, 0.05) is 23.1 Å². The van der Waals surface area contributed by atoms with Crippen molar-refractivity contribution in [3.05, 3.63) is 36.4 Å². The lowest BCUT2D eigenvalue weighted by Gasteiger charge is -2.58. The first-order chi connectivity index (χ1) is 17.2. The van der Waals surface area contributed by atoms with Crippen molar-refractivity contribution >= 4 is 25.8 Å². The van der Waals surface area contributed by atoms with Gasteiger partial charge in [-0.25, -0.2) is 0 Å². The smallest absolute Gasteiger partial charge is 0.250 e. The zero-order valence-electron chi connectivity index (χ0n) is 23.8. The van der Waals surface area contributed by atoms with Crippen molar-refractivity contribution in [3.63, 3.8) is 0 Å². The summed E-state index contributed by atoms with van der Waals surface area (Å²) in [4.78, 5) is 25.6. The molecule has 5 nitrogen and oxygen atoms in total. The van der Waals surface area contributed by atoms with Crippen LogP contribution in [0.5, 0.6) is 5.75 Å². The minimum absolute atomic E-state index is 0.0345. The highest BCUT2D eigenvalue weighted by Crippen LogP contribution is 2.65. The molecule has 0 aromatic heterocycles. The van der Waals surface area contributed by atoms with Crippen LogP contribution in [-0.4, -0.2) is 26.2 Å². The van der Waals surface area contributed by atoms with Gasteiger partial charge in [0.1, 0.15) is 5.75 Å². The first-order valence-corrected chi connectivity index (χ1v) is 17.3. The van der Waals surface area contributed by atoms with E-state index in [9.17, 15) is 9.59 Å². The molecule has 1 aromatic carbocycles. The fourth-order valence-electron chi connectivity index (χ4n) is 8.05. The molecular formula is C31H46N2O3Si. The Kier molecular flexibility index (Phi) is 6.45. The number of hydrogen-bond acceptors (Lipinski definition) is 3. The molecule has 0 saturated heterocycles. The Labute approximate surface area is 224 Å². The molecule has 37 heavy (non-hydrogen) atoms. The predicted octanol–water partition coefficient (Wildman–Crippen LogP) is 6.92. The molecule has 7 atom stereocenters. The van der Waals surface area contributed by atoms with Gasteiger partial charge in [-0.05, 0) is 110 Å². The maximum Gasteiger partial charge on any atom is 0.250 e. The summed E-state index contributed by atoms with van der Waals surface area (Å²) in [5, 5.41) is 6.64. The van der Waals surface area contributed by atoms with Crippen LogP contribution in [0.4, 0.5) is 5.69 Å². The molecule has 0 radical (unpaired) electrons. The number of rotatable bonds is 4. The molecule has 2 N–H and O–H groups in total. The van der Waals surface area contributed by atoms with Gasteiger partial charge >= 0.3 is 0 Å². The van der Waals surface area contributed by atoms with Crippen molar-refractivity contribution in [2.45, 2.75) is 97.3 Å². The van der Waals surface area contributed by atoms with Crippen LogP contribution < -0.4 is 15.1 Å². The van der Waals surface area contributed by atoms with E-state index in [2.05, 4.69) is 64.4 Å². The van der Waals surface area contributed by atoms with Gasteiger partial charge in [-0.3, -0.25) is 9.59 Å². The lowest BCUT2D eigenvalue weighted by molar-refractivity contribution is -0.129. The summed E-state index contributed by atoms with van der Waals surface area (Å²) in [6.07, 6.45) is 10.5. The molecule has 6 heteroatoms. The summed E-state index contributed by atoms with van der Waals surface area (Å²) in [7, 11) is -1.89. The highest BCUT2D eigenvalue weighted by molar-refractivity contribution is 6.74. The van der Waals surface area contributed by atoms with Gasteiger partial charge in [0.15, 0.2) is 0 Å². The van der Waals surface area contributed by atoms with Gasteiger partial charge in [0.25, 0.3) is 0 Å². The van der Waals surface area contributed by atoms with Crippen LogP contribution in [0.25, 0.3) is 0 Å². The van der Waals surface area contributed by atoms with Gasteiger partial charge in [-0.15, -0.1) is 0 Å². The zero-order chi connectivity index (χ0) is 26.8. The Morgan fingerprint density at radius 1 is 1.03 bits per heavy atom. The maximum atomic E-state index is 13.6. The van der Waals surface area contributed by atoms with Crippen molar-refractivity contribution < 1.29 is 14.0 Å². The fourth-order valence-corrected chi connectivity index (χ4v) is 9.08. The fraction of sp³-hybridized carbons (Fsp3) is 0.677. The van der Waals surface area contributed by atoms with Crippen molar-refractivity contribution in [1.82, 2.24) is 5.32 Å². The average Bonchev–Trinajstić information content (AvgIpc) is 3.17. The molecule has 1 heterocycles. The number of nitrogens with one attached hydrogen (secondary N) is 2. The third-order valence-corrected chi connectivity index (χ3v) is 15.7. The minimum atomic E-state index is -1.89. The molecule has 5 rings (SSSR count).